The van der Waals surface area contributed by atoms with Crippen molar-refractivity contribution < 1.29 is 0 Å². The van der Waals surface area contributed by atoms with Gasteiger partial charge in [-0.05, 0) is 0 Å². The summed E-state index contributed by atoms with van der Waals surface area (Å²) in [5, 5.41) is 0. The summed E-state index contributed by atoms with van der Waals surface area (Å²) in [4.78, 5) is 0. The monoisotopic (exact) mass is 201 g/mol. The number of rotatable bonds is 1. The predicted octanol–water partition coefficient (Wildman–Crippen LogP) is 3.27. The molecule has 0 aromatic heterocycles. The van der Waals surface area contributed by atoms with E-state index in [2.05, 4.69) is 11.8 Å². The van der Waals surface area contributed by atoms with Crippen molar-refractivity contribution in [2.24, 2.45) is 0 Å². The zero-order valence-corrected chi connectivity index (χ0v) is 8.70. The summed E-state index contributed by atoms with van der Waals surface area (Å²) in [5.74, 6) is 4.94. The third-order valence-corrected chi connectivity index (χ3v) is 2.41. The summed E-state index contributed by atoms with van der Waals surface area (Å²) in [6, 6.07) is 15.5. The Labute approximate surface area is 95.9 Å². The molecule has 2 aromatic rings. The van der Waals surface area contributed by atoms with E-state index in [1.807, 2.05) is 48.5 Å². The Morgan fingerprint density at radius 1 is 0.750 bits per heavy atom. The fourth-order valence-electron chi connectivity index (χ4n) is 1.50. The number of hydrogen-bond donors (Lipinski definition) is 0. The maximum absolute atomic E-state index is 7.00. The van der Waals surface area contributed by atoms with Gasteiger partial charge in [-0.2, -0.15) is 0 Å². The average molecular weight is 201 g/mol. The number of benzene rings is 2. The van der Waals surface area contributed by atoms with Crippen LogP contribution >= 0.6 is 0 Å². The molecule has 2 aromatic carbocycles. The fraction of sp³-hybridized carbons (Fsp3) is 0. The topological polar surface area (TPSA) is 0 Å². The van der Waals surface area contributed by atoms with Gasteiger partial charge in [-0.3, -0.25) is 0 Å². The molecular weight excluding hydrogens is 192 g/mol. The van der Waals surface area contributed by atoms with Crippen molar-refractivity contribution in [3.8, 4) is 29.4 Å². The molecule has 0 fully saturated rings. The Morgan fingerprint density at radius 3 is 1.56 bits per heavy atom. The van der Waals surface area contributed by atoms with Crippen LogP contribution in [0.2, 0.25) is 0 Å². The van der Waals surface area contributed by atoms with E-state index in [1.54, 1.807) is 0 Å². The SMILES string of the molecule is [C+]#Cc1ccc(-c2ccc(C#C)cc2)cc1. The average Bonchev–Trinajstić information content (AvgIpc) is 2.39. The Balaban J connectivity index is 2.36. The molecule has 0 heteroatoms. The summed E-state index contributed by atoms with van der Waals surface area (Å²) in [6.45, 7) is 0. The van der Waals surface area contributed by atoms with Crippen LogP contribution in [0.25, 0.3) is 11.1 Å². The molecule has 0 heterocycles. The summed E-state index contributed by atoms with van der Waals surface area (Å²) in [6.07, 6.45) is 12.3. The van der Waals surface area contributed by atoms with Crippen LogP contribution < -0.4 is 0 Å². The Kier molecular flexibility index (Phi) is 2.92. The molecule has 0 aliphatic rings. The molecule has 16 heavy (non-hydrogen) atoms. The van der Waals surface area contributed by atoms with Gasteiger partial charge in [-0.25, -0.2) is 0 Å². The van der Waals surface area contributed by atoms with Crippen molar-refractivity contribution in [2.75, 3.05) is 0 Å². The summed E-state index contributed by atoms with van der Waals surface area (Å²) < 4.78 is 0. The van der Waals surface area contributed by atoms with E-state index in [1.165, 1.54) is 0 Å². The van der Waals surface area contributed by atoms with Gasteiger partial charge >= 0.3 is 95.5 Å². The van der Waals surface area contributed by atoms with Crippen LogP contribution in [-0.2, 0) is 0 Å². The quantitative estimate of drug-likeness (QED) is 0.490. The van der Waals surface area contributed by atoms with Gasteiger partial charge in [0.05, 0.1) is 0 Å². The first kappa shape index (κ1) is 10.3. The van der Waals surface area contributed by atoms with Gasteiger partial charge in [0.25, 0.3) is 0 Å². The zero-order chi connectivity index (χ0) is 11.4. The van der Waals surface area contributed by atoms with Crippen LogP contribution in [0.4, 0.5) is 0 Å². The normalized spacial score (nSPS) is 9.31. The minimum atomic E-state index is 0.781. The van der Waals surface area contributed by atoms with E-state index >= 15 is 0 Å². The Bertz CT molecular complexity index is 502. The van der Waals surface area contributed by atoms with Crippen molar-refractivity contribution in [2.45, 2.75) is 0 Å². The van der Waals surface area contributed by atoms with E-state index in [0.717, 1.165) is 22.3 Å². The first-order valence-electron chi connectivity index (χ1n) is 4.93. The van der Waals surface area contributed by atoms with Gasteiger partial charge in [0, 0.05) is 0 Å². The molecule has 0 aliphatic heterocycles. The fourth-order valence-corrected chi connectivity index (χ4v) is 1.50. The van der Waals surface area contributed by atoms with Crippen molar-refractivity contribution >= 4 is 0 Å². The molecular formula is C16H9+. The molecule has 0 atom stereocenters. The summed E-state index contributed by atoms with van der Waals surface area (Å²) in [5.41, 5.74) is 3.90. The second-order valence-corrected chi connectivity index (χ2v) is 3.42. The summed E-state index contributed by atoms with van der Waals surface area (Å²) in [7, 11) is 0. The minimum absolute atomic E-state index is 0.781. The first-order valence-corrected chi connectivity index (χ1v) is 4.93. The van der Waals surface area contributed by atoms with Gasteiger partial charge in [0.1, 0.15) is 0 Å². The number of terminal acetylenes is 1. The first-order chi connectivity index (χ1) is 7.83. The van der Waals surface area contributed by atoms with Crippen molar-refractivity contribution in [1.29, 1.82) is 0 Å². The van der Waals surface area contributed by atoms with Crippen LogP contribution in [0.3, 0.4) is 0 Å². The molecule has 0 bridgehead atoms. The second kappa shape index (κ2) is 4.53. The van der Waals surface area contributed by atoms with Gasteiger partial charge in [0.15, 0.2) is 0 Å². The van der Waals surface area contributed by atoms with E-state index in [9.17, 15) is 0 Å². The maximum atomic E-state index is 7.00. The molecule has 0 aliphatic carbocycles. The van der Waals surface area contributed by atoms with E-state index in [0.29, 0.717) is 0 Å². The van der Waals surface area contributed by atoms with Crippen molar-refractivity contribution in [1.82, 2.24) is 0 Å². The number of hydrogen-bond acceptors (Lipinski definition) is 0. The van der Waals surface area contributed by atoms with Crippen LogP contribution in [0.1, 0.15) is 11.1 Å². The van der Waals surface area contributed by atoms with Crippen molar-refractivity contribution in [3.63, 3.8) is 0 Å². The van der Waals surface area contributed by atoms with Crippen LogP contribution in [-0.4, -0.2) is 0 Å². The molecule has 2 rings (SSSR count). The molecule has 0 radical (unpaired) electrons. The zero-order valence-electron chi connectivity index (χ0n) is 8.70. The van der Waals surface area contributed by atoms with Crippen molar-refractivity contribution in [3.05, 3.63) is 66.1 Å². The van der Waals surface area contributed by atoms with Crippen LogP contribution in [0.5, 0.6) is 0 Å². The molecule has 0 saturated carbocycles. The summed E-state index contributed by atoms with van der Waals surface area (Å²) >= 11 is 0. The molecule has 0 N–H and O–H groups in total. The van der Waals surface area contributed by atoms with E-state index in [-0.39, 0.29) is 0 Å². The molecule has 0 nitrogen and oxygen atoms in total. The molecule has 0 saturated heterocycles. The third-order valence-electron chi connectivity index (χ3n) is 2.41. The van der Waals surface area contributed by atoms with E-state index < -0.39 is 0 Å². The Morgan fingerprint density at radius 2 is 1.19 bits per heavy atom. The predicted molar refractivity (Wildman–Crippen MR) is 66.0 cm³/mol. The third kappa shape index (κ3) is 2.06. The van der Waals surface area contributed by atoms with Gasteiger partial charge in [-0.1, -0.05) is 0 Å². The standard InChI is InChI=1S/C16H9/c1-3-13-5-9-15(10-6-13)16-11-7-14(4-2)8-12-16/h1,5-12H/q+1. The van der Waals surface area contributed by atoms with E-state index in [4.69, 9.17) is 12.8 Å². The van der Waals surface area contributed by atoms with Gasteiger partial charge < -0.3 is 0 Å². The Hall–Kier alpha value is -2.22. The molecule has 72 valence electrons. The van der Waals surface area contributed by atoms with Crippen LogP contribution in [0.15, 0.2) is 48.5 Å². The molecule has 0 amide bonds. The second-order valence-electron chi connectivity index (χ2n) is 3.42. The molecule has 0 unspecified atom stereocenters. The van der Waals surface area contributed by atoms with Crippen LogP contribution in [0, 0.1) is 24.7 Å². The van der Waals surface area contributed by atoms with Gasteiger partial charge in [0.2, 0.25) is 0 Å². The molecule has 0 spiro atoms. The van der Waals surface area contributed by atoms with Gasteiger partial charge in [-0.15, -0.1) is 0 Å².